The van der Waals surface area contributed by atoms with Crippen LogP contribution in [0.4, 0.5) is 34.3 Å². The summed E-state index contributed by atoms with van der Waals surface area (Å²) in [7, 11) is 0. The second-order valence-corrected chi connectivity index (χ2v) is 28.8. The molecule has 5 heteroatoms. The van der Waals surface area contributed by atoms with Gasteiger partial charge in [0, 0.05) is 42.9 Å². The van der Waals surface area contributed by atoms with Crippen molar-refractivity contribution in [1.82, 2.24) is 4.98 Å². The van der Waals surface area contributed by atoms with E-state index >= 15 is 0 Å². The molecule has 2 aliphatic heterocycles. The van der Waals surface area contributed by atoms with Crippen LogP contribution in [0.5, 0.6) is 0 Å². The van der Waals surface area contributed by atoms with Crippen LogP contribution in [0.2, 0.25) is 0 Å². The summed E-state index contributed by atoms with van der Waals surface area (Å²) in [5, 5.41) is 1.31. The van der Waals surface area contributed by atoms with Crippen molar-refractivity contribution < 1.29 is 0 Å². The monoisotopic (exact) mass is 944 g/mol. The lowest BCUT2D eigenvalue weighted by molar-refractivity contribution is 0.332. The Labute approximate surface area is 426 Å². The lowest BCUT2D eigenvalue weighted by Gasteiger charge is -2.45. The third kappa shape index (κ3) is 7.96. The molecule has 7 aromatic rings. The van der Waals surface area contributed by atoms with Crippen molar-refractivity contribution in [3.8, 4) is 11.1 Å². The van der Waals surface area contributed by atoms with Gasteiger partial charge in [-0.05, 0) is 144 Å². The topological polar surface area (TPSA) is 19.4 Å². The lowest BCUT2D eigenvalue weighted by Crippen LogP contribution is -2.61. The van der Waals surface area contributed by atoms with Gasteiger partial charge in [0.25, 0.3) is 6.71 Å². The molecule has 0 unspecified atom stereocenters. The SMILES string of the molecule is CC(C)(C)c1ccc(-c2cc(C(C)(C)C)ccc2N2c3ccc(C(C)(C)C)cc3B3c4sc5ccc(C(C)(C)C)cc5c4N(c4ccc5c(c4)C(C)(C)CCC5(C)C)c4nc(C(C)(C)C)cc2c43)cc1. The Bertz CT molecular complexity index is 3240. The average molecular weight is 944 g/mol. The molecule has 0 N–H and O–H groups in total. The molecule has 0 atom stereocenters. The molecule has 3 aliphatic rings. The fourth-order valence-electron chi connectivity index (χ4n) is 11.5. The normalized spacial score (nSPS) is 16.5. The van der Waals surface area contributed by atoms with Crippen molar-refractivity contribution in [2.45, 2.75) is 182 Å². The summed E-state index contributed by atoms with van der Waals surface area (Å²) in [4.78, 5) is 11.3. The van der Waals surface area contributed by atoms with Crippen molar-refractivity contribution in [1.29, 1.82) is 0 Å². The van der Waals surface area contributed by atoms with Gasteiger partial charge in [0.1, 0.15) is 5.82 Å². The highest BCUT2D eigenvalue weighted by Gasteiger charge is 2.48. The first-order valence-electron chi connectivity index (χ1n) is 26.1. The maximum Gasteiger partial charge on any atom is 0.266 e. The van der Waals surface area contributed by atoms with Crippen LogP contribution in [0.3, 0.4) is 0 Å². The Kier molecular flexibility index (Phi) is 10.9. The van der Waals surface area contributed by atoms with Gasteiger partial charge < -0.3 is 4.90 Å². The third-order valence-corrected chi connectivity index (χ3v) is 17.5. The largest absolute Gasteiger partial charge is 0.311 e. The molecule has 2 aromatic heterocycles. The van der Waals surface area contributed by atoms with Gasteiger partial charge in [-0.25, -0.2) is 4.98 Å². The lowest BCUT2D eigenvalue weighted by atomic mass is 9.36. The number of rotatable bonds is 3. The minimum Gasteiger partial charge on any atom is -0.311 e. The fraction of sp³-hybridized carbons (Fsp3) is 0.431. The third-order valence-electron chi connectivity index (χ3n) is 16.3. The van der Waals surface area contributed by atoms with Crippen LogP contribution in [0, 0.1) is 0 Å². The molecule has 70 heavy (non-hydrogen) atoms. The summed E-state index contributed by atoms with van der Waals surface area (Å²) < 4.78 is 2.72. The molecular weight excluding hydrogens is 866 g/mol. The number of benzene rings is 5. The van der Waals surface area contributed by atoms with E-state index in [0.29, 0.717) is 0 Å². The van der Waals surface area contributed by atoms with E-state index < -0.39 is 0 Å². The molecule has 3 nitrogen and oxygen atoms in total. The van der Waals surface area contributed by atoms with Crippen LogP contribution in [-0.4, -0.2) is 11.7 Å². The van der Waals surface area contributed by atoms with Gasteiger partial charge in [0.05, 0.1) is 17.1 Å². The van der Waals surface area contributed by atoms with Gasteiger partial charge >= 0.3 is 0 Å². The predicted octanol–water partition coefficient (Wildman–Crippen LogP) is 16.9. The first-order valence-corrected chi connectivity index (χ1v) is 26.9. The minimum absolute atomic E-state index is 0.0144. The number of hydrogen-bond acceptors (Lipinski definition) is 4. The molecule has 10 rings (SSSR count). The molecule has 0 saturated heterocycles. The van der Waals surface area contributed by atoms with Crippen molar-refractivity contribution in [3.05, 3.63) is 142 Å². The number of fused-ring (bicyclic) bond motifs is 7. The van der Waals surface area contributed by atoms with Gasteiger partial charge in [-0.15, -0.1) is 11.3 Å². The Balaban J connectivity index is 1.36. The summed E-state index contributed by atoms with van der Waals surface area (Å²) in [5.74, 6) is 1.05. The molecule has 4 heterocycles. The first-order chi connectivity index (χ1) is 32.3. The maximum atomic E-state index is 6.00. The van der Waals surface area contributed by atoms with Crippen LogP contribution in [0.25, 0.3) is 21.2 Å². The smallest absolute Gasteiger partial charge is 0.266 e. The van der Waals surface area contributed by atoms with Gasteiger partial charge in [-0.3, -0.25) is 4.90 Å². The molecule has 0 amide bonds. The van der Waals surface area contributed by atoms with E-state index in [0.717, 1.165) is 17.9 Å². The van der Waals surface area contributed by atoms with Crippen molar-refractivity contribution in [3.63, 3.8) is 0 Å². The van der Waals surface area contributed by atoms with Crippen LogP contribution in [0.15, 0.2) is 103 Å². The standard InChI is InChI=1S/C65H78BN3S/c1-59(2,3)40-22-20-39(21-23-40)45-34-41(60(4,5)6)24-29-50(45)69-51-30-25-43(62(10,11)12)36-49(51)66-55-52(69)38-54(63(13,14)15)67-58(55)68(44-27-28-47-48(37-44)65(18,19)33-32-64(47,16)17)56-46-35-42(61(7,8)9)26-31-53(46)70-57(56)66/h20-31,34-38H,32-33H2,1-19H3. The predicted molar refractivity (Wildman–Crippen MR) is 308 cm³/mol. The Hall–Kier alpha value is -5.13. The molecule has 0 radical (unpaired) electrons. The van der Waals surface area contributed by atoms with Gasteiger partial charge in [0.2, 0.25) is 0 Å². The van der Waals surface area contributed by atoms with E-state index in [1.165, 1.54) is 105 Å². The number of pyridine rings is 1. The van der Waals surface area contributed by atoms with E-state index in [1.807, 2.05) is 11.3 Å². The number of nitrogens with zero attached hydrogens (tertiary/aromatic N) is 3. The molecule has 5 aromatic carbocycles. The van der Waals surface area contributed by atoms with Gasteiger partial charge in [0.15, 0.2) is 0 Å². The van der Waals surface area contributed by atoms with Crippen LogP contribution in [-0.2, 0) is 37.9 Å². The maximum absolute atomic E-state index is 6.00. The molecular formula is C65H78BN3S. The zero-order chi connectivity index (χ0) is 50.6. The van der Waals surface area contributed by atoms with E-state index in [1.54, 1.807) is 0 Å². The quantitative estimate of drug-likeness (QED) is 0.165. The Morgan fingerprint density at radius 3 is 1.64 bits per heavy atom. The summed E-state index contributed by atoms with van der Waals surface area (Å²) in [6, 6.07) is 41.3. The van der Waals surface area contributed by atoms with Crippen LogP contribution >= 0.6 is 11.3 Å². The van der Waals surface area contributed by atoms with E-state index in [2.05, 4.69) is 244 Å². The average Bonchev–Trinajstić information content (AvgIpc) is 3.64. The van der Waals surface area contributed by atoms with Crippen LogP contribution < -0.4 is 25.5 Å². The second kappa shape index (κ2) is 15.7. The summed E-state index contributed by atoms with van der Waals surface area (Å²) >= 11 is 1.99. The molecule has 362 valence electrons. The van der Waals surface area contributed by atoms with E-state index in [-0.39, 0.29) is 44.6 Å². The van der Waals surface area contributed by atoms with Crippen molar-refractivity contribution in [2.75, 3.05) is 9.80 Å². The van der Waals surface area contributed by atoms with Crippen LogP contribution in [0.1, 0.15) is 183 Å². The number of aromatic nitrogens is 1. The first kappa shape index (κ1) is 48.5. The fourth-order valence-corrected chi connectivity index (χ4v) is 12.8. The van der Waals surface area contributed by atoms with Gasteiger partial charge in [-0.1, -0.05) is 186 Å². The molecule has 0 spiro atoms. The van der Waals surface area contributed by atoms with Crippen molar-refractivity contribution >= 4 is 78.1 Å². The van der Waals surface area contributed by atoms with Crippen molar-refractivity contribution in [2.24, 2.45) is 0 Å². The molecule has 0 saturated carbocycles. The number of anilines is 6. The zero-order valence-electron chi connectivity index (χ0n) is 46.1. The van der Waals surface area contributed by atoms with E-state index in [4.69, 9.17) is 4.98 Å². The van der Waals surface area contributed by atoms with E-state index in [9.17, 15) is 0 Å². The zero-order valence-corrected chi connectivity index (χ0v) is 46.9. The van der Waals surface area contributed by atoms with Gasteiger partial charge in [-0.2, -0.15) is 0 Å². The Morgan fingerprint density at radius 1 is 0.500 bits per heavy atom. The summed E-state index contributed by atoms with van der Waals surface area (Å²) in [6.45, 7) is 44.8. The highest BCUT2D eigenvalue weighted by Crippen LogP contribution is 2.53. The summed E-state index contributed by atoms with van der Waals surface area (Å²) in [6.07, 6.45) is 2.34. The summed E-state index contributed by atoms with van der Waals surface area (Å²) in [5.41, 5.74) is 20.5. The molecule has 1 aliphatic carbocycles. The molecule has 0 fully saturated rings. The number of hydrogen-bond donors (Lipinski definition) is 0. The second-order valence-electron chi connectivity index (χ2n) is 27.7. The Morgan fingerprint density at radius 2 is 1.04 bits per heavy atom. The highest BCUT2D eigenvalue weighted by molar-refractivity contribution is 7.33. The molecule has 0 bridgehead atoms. The minimum atomic E-state index is -0.241. The highest BCUT2D eigenvalue weighted by atomic mass is 32.1. The number of thiophene rings is 1.